The largest absolute Gasteiger partial charge is 0.415 e. The van der Waals surface area contributed by atoms with Crippen LogP contribution in [0.4, 0.5) is 20.6 Å². The number of aromatic nitrogens is 2. The van der Waals surface area contributed by atoms with Gasteiger partial charge in [0.25, 0.3) is 11.8 Å². The minimum atomic E-state index is -0.457. The van der Waals surface area contributed by atoms with Gasteiger partial charge in [0.15, 0.2) is 0 Å². The van der Waals surface area contributed by atoms with Crippen molar-refractivity contribution in [1.82, 2.24) is 14.9 Å². The molecular weight excluding hydrogens is 621 g/mol. The van der Waals surface area contributed by atoms with E-state index in [1.54, 1.807) is 52.3 Å². The van der Waals surface area contributed by atoms with E-state index in [9.17, 15) is 18.8 Å². The summed E-state index contributed by atoms with van der Waals surface area (Å²) in [7, 11) is 0. The number of H-pyrrole nitrogens is 2. The van der Waals surface area contributed by atoms with Crippen LogP contribution in [0.2, 0.25) is 0 Å². The number of carbonyl (C=O) groups is 3. The number of aromatic amines is 2. The minimum Gasteiger partial charge on any atom is -0.409 e. The van der Waals surface area contributed by atoms with E-state index in [0.717, 1.165) is 21.7 Å². The summed E-state index contributed by atoms with van der Waals surface area (Å²) < 4.78 is 19.5. The number of carbonyl (C=O) groups excluding carboxylic acids is 3. The van der Waals surface area contributed by atoms with Gasteiger partial charge < -0.3 is 29.8 Å². The van der Waals surface area contributed by atoms with Gasteiger partial charge >= 0.3 is 6.09 Å². The Kier molecular flexibility index (Phi) is 7.81. The molecule has 3 amide bonds. The van der Waals surface area contributed by atoms with Gasteiger partial charge in [-0.1, -0.05) is 24.3 Å². The van der Waals surface area contributed by atoms with Gasteiger partial charge in [-0.05, 0) is 73.3 Å². The number of nitrogens with one attached hydrogen (secondary N) is 3. The van der Waals surface area contributed by atoms with Crippen molar-refractivity contribution in [3.8, 4) is 5.75 Å². The monoisotopic (exact) mass is 651 g/mol. The molecule has 3 heterocycles. The maximum absolute atomic E-state index is 14.1. The summed E-state index contributed by atoms with van der Waals surface area (Å²) in [5.74, 6) is -0.461. The number of hydrogen-bond acceptors (Lipinski definition) is 4. The molecule has 0 saturated carbocycles. The molecule has 1 atom stereocenters. The first kappa shape index (κ1) is 30.3. The summed E-state index contributed by atoms with van der Waals surface area (Å²) in [4.78, 5) is 49.5. The van der Waals surface area contributed by atoms with Crippen molar-refractivity contribution >= 4 is 73.5 Å². The molecule has 1 aliphatic rings. The third kappa shape index (κ3) is 5.44. The summed E-state index contributed by atoms with van der Waals surface area (Å²) in [6, 6.07) is 22.4. The molecule has 0 radical (unpaired) electrons. The van der Waals surface area contributed by atoms with E-state index in [-0.39, 0.29) is 23.5 Å². The van der Waals surface area contributed by atoms with Crippen LogP contribution < -0.4 is 15.0 Å². The number of hydrogen-bond donors (Lipinski definition) is 3. The molecule has 238 valence electrons. The van der Waals surface area contributed by atoms with Crippen LogP contribution in [0, 0.1) is 5.82 Å². The highest BCUT2D eigenvalue weighted by atomic mass is 35.5. The lowest BCUT2D eigenvalue weighted by Crippen LogP contribution is -2.33. The third-order valence-corrected chi connectivity index (χ3v) is 9.09. The summed E-state index contributed by atoms with van der Waals surface area (Å²) in [6.45, 7) is 5.16. The Hall–Kier alpha value is -5.35. The third-order valence-electron chi connectivity index (χ3n) is 8.72. The molecule has 6 aromatic rings. The van der Waals surface area contributed by atoms with Gasteiger partial charge in [0, 0.05) is 70.4 Å². The van der Waals surface area contributed by atoms with Gasteiger partial charge in [-0.15, -0.1) is 11.6 Å². The predicted octanol–water partition coefficient (Wildman–Crippen LogP) is 8.02. The number of rotatable bonds is 7. The van der Waals surface area contributed by atoms with E-state index in [1.165, 1.54) is 12.1 Å². The van der Waals surface area contributed by atoms with Gasteiger partial charge in [-0.25, -0.2) is 9.18 Å². The number of anilines is 2. The standard InChI is InChI=1S/C36H31ClFN5O4/c1-3-42(4-2)36(46)47-32-17-31-33(26-8-6-5-7-25(26)32)22(18-37)19-43(31)35(45)30-16-21-14-24(10-12-28(21)41-30)39-34(44)29-15-20-13-23(38)9-11-27(20)40-29/h5-17,22,40-41H,3-4,18-19H2,1-2H3,(H,39,44). The fourth-order valence-corrected chi connectivity index (χ4v) is 6.60. The zero-order chi connectivity index (χ0) is 32.8. The molecule has 3 N–H and O–H groups in total. The molecule has 1 aliphatic heterocycles. The van der Waals surface area contributed by atoms with Gasteiger partial charge in [0.05, 0.1) is 5.69 Å². The second kappa shape index (κ2) is 12.1. The van der Waals surface area contributed by atoms with E-state index >= 15 is 0 Å². The number of halogens is 2. The summed E-state index contributed by atoms with van der Waals surface area (Å²) in [6.07, 6.45) is -0.457. The fraction of sp³-hybridized carbons (Fsp3) is 0.194. The Balaban J connectivity index is 1.19. The van der Waals surface area contributed by atoms with Crippen LogP contribution >= 0.6 is 11.6 Å². The topological polar surface area (TPSA) is 111 Å². The highest BCUT2D eigenvalue weighted by Crippen LogP contribution is 2.46. The van der Waals surface area contributed by atoms with E-state index in [1.807, 2.05) is 38.1 Å². The number of alkyl halides is 1. The quantitative estimate of drug-likeness (QED) is 0.152. The highest BCUT2D eigenvalue weighted by Gasteiger charge is 2.36. The maximum Gasteiger partial charge on any atom is 0.415 e. The number of benzene rings is 4. The lowest BCUT2D eigenvalue weighted by molar-refractivity contribution is 0.0982. The number of fused-ring (bicyclic) bond motifs is 5. The fourth-order valence-electron chi connectivity index (χ4n) is 6.35. The van der Waals surface area contributed by atoms with Crippen LogP contribution in [0.3, 0.4) is 0 Å². The first-order valence-corrected chi connectivity index (χ1v) is 15.9. The van der Waals surface area contributed by atoms with Crippen molar-refractivity contribution in [2.75, 3.05) is 35.7 Å². The molecule has 9 nitrogen and oxygen atoms in total. The molecule has 11 heteroatoms. The van der Waals surface area contributed by atoms with E-state index in [2.05, 4.69) is 15.3 Å². The van der Waals surface area contributed by atoms with Crippen LogP contribution in [-0.4, -0.2) is 58.3 Å². The predicted molar refractivity (Wildman–Crippen MR) is 183 cm³/mol. The Bertz CT molecular complexity index is 2200. The number of amides is 3. The highest BCUT2D eigenvalue weighted by molar-refractivity contribution is 6.19. The second-order valence-electron chi connectivity index (χ2n) is 11.5. The molecule has 0 fully saturated rings. The van der Waals surface area contributed by atoms with E-state index in [0.29, 0.717) is 70.4 Å². The smallest absolute Gasteiger partial charge is 0.409 e. The molecule has 47 heavy (non-hydrogen) atoms. The molecule has 0 bridgehead atoms. The molecule has 0 aliphatic carbocycles. The van der Waals surface area contributed by atoms with Crippen LogP contribution in [0.15, 0.2) is 78.9 Å². The van der Waals surface area contributed by atoms with E-state index in [4.69, 9.17) is 16.3 Å². The summed E-state index contributed by atoms with van der Waals surface area (Å²) >= 11 is 6.46. The zero-order valence-corrected chi connectivity index (χ0v) is 26.5. The van der Waals surface area contributed by atoms with Crippen molar-refractivity contribution < 1.29 is 23.5 Å². The lowest BCUT2D eigenvalue weighted by atomic mass is 9.95. The average Bonchev–Trinajstić information content (AvgIpc) is 3.80. The molecule has 2 aromatic heterocycles. The zero-order valence-electron chi connectivity index (χ0n) is 25.7. The minimum absolute atomic E-state index is 0.125. The Labute approximate surface area is 274 Å². The van der Waals surface area contributed by atoms with Crippen molar-refractivity contribution in [2.45, 2.75) is 19.8 Å². The molecular formula is C36H31ClFN5O4. The van der Waals surface area contributed by atoms with E-state index < -0.39 is 6.09 Å². The van der Waals surface area contributed by atoms with Crippen molar-refractivity contribution in [3.63, 3.8) is 0 Å². The normalized spacial score (nSPS) is 14.1. The van der Waals surface area contributed by atoms with Crippen LogP contribution in [-0.2, 0) is 0 Å². The Morgan fingerprint density at radius 2 is 1.60 bits per heavy atom. The van der Waals surface area contributed by atoms with Crippen molar-refractivity contribution in [2.24, 2.45) is 0 Å². The molecule has 4 aromatic carbocycles. The Morgan fingerprint density at radius 3 is 2.34 bits per heavy atom. The average molecular weight is 652 g/mol. The van der Waals surface area contributed by atoms with Gasteiger partial charge in [-0.2, -0.15) is 0 Å². The Morgan fingerprint density at radius 1 is 0.915 bits per heavy atom. The first-order chi connectivity index (χ1) is 22.8. The van der Waals surface area contributed by atoms with Crippen molar-refractivity contribution in [1.29, 1.82) is 0 Å². The molecule has 1 unspecified atom stereocenters. The van der Waals surface area contributed by atoms with Gasteiger partial charge in [0.1, 0.15) is 23.0 Å². The molecule has 0 spiro atoms. The summed E-state index contributed by atoms with van der Waals surface area (Å²) in [5.41, 5.74) is 4.14. The molecule has 7 rings (SSSR count). The maximum atomic E-state index is 14.1. The molecule has 0 saturated heterocycles. The van der Waals surface area contributed by atoms with Crippen molar-refractivity contribution in [3.05, 3.63) is 102 Å². The number of ether oxygens (including phenoxy) is 1. The van der Waals surface area contributed by atoms with Gasteiger partial charge in [-0.3, -0.25) is 9.59 Å². The first-order valence-electron chi connectivity index (χ1n) is 15.4. The number of nitrogens with zero attached hydrogens (tertiary/aromatic N) is 2. The van der Waals surface area contributed by atoms with Crippen LogP contribution in [0.5, 0.6) is 5.75 Å². The van der Waals surface area contributed by atoms with Crippen LogP contribution in [0.25, 0.3) is 32.6 Å². The second-order valence-corrected chi connectivity index (χ2v) is 11.8. The SMILES string of the molecule is CCN(CC)C(=O)Oc1cc2c(c3ccccc13)C(CCl)CN2C(=O)c1cc2cc(NC(=O)c3cc4cc(F)ccc4[nH]3)ccc2[nH]1. The van der Waals surface area contributed by atoms with Gasteiger partial charge in [0.2, 0.25) is 0 Å². The lowest BCUT2D eigenvalue weighted by Gasteiger charge is -2.21. The van der Waals surface area contributed by atoms with Crippen LogP contribution in [0.1, 0.15) is 46.3 Å². The summed E-state index contributed by atoms with van der Waals surface area (Å²) in [5, 5.41) is 5.85.